The van der Waals surface area contributed by atoms with E-state index in [4.69, 9.17) is 10.8 Å². The van der Waals surface area contributed by atoms with Gasteiger partial charge in [-0.25, -0.2) is 17.5 Å². The van der Waals surface area contributed by atoms with Crippen molar-refractivity contribution < 1.29 is 17.9 Å². The molecule has 1 rings (SSSR count). The van der Waals surface area contributed by atoms with Crippen LogP contribution in [0.1, 0.15) is 12.8 Å². The zero-order chi connectivity index (χ0) is 13.8. The molecule has 0 aromatic heterocycles. The van der Waals surface area contributed by atoms with Gasteiger partial charge in [0.15, 0.2) is 0 Å². The molecule has 8 heteroatoms. The lowest BCUT2D eigenvalue weighted by atomic mass is 10.3. The zero-order valence-electron chi connectivity index (χ0n) is 9.49. The minimum absolute atomic E-state index is 0.00592. The van der Waals surface area contributed by atoms with Crippen LogP contribution in [0.2, 0.25) is 0 Å². The maximum absolute atomic E-state index is 13.1. The number of nitrogens with one attached hydrogen (secondary N) is 1. The lowest BCUT2D eigenvalue weighted by Crippen LogP contribution is -2.26. The second kappa shape index (κ2) is 6.46. The van der Waals surface area contributed by atoms with E-state index in [1.807, 2.05) is 0 Å². The smallest absolute Gasteiger partial charge is 0.242 e. The van der Waals surface area contributed by atoms with Gasteiger partial charge in [0.05, 0.1) is 10.2 Å². The standard InChI is InChI=1S/C10H14BrFN2O3S/c11-7-5-10(9(13)6-8(7)12)18(16,17)14-3-1-2-4-15/h5-6,14-15H,1-4,13H2. The third-order valence-electron chi connectivity index (χ3n) is 2.22. The first-order valence-electron chi connectivity index (χ1n) is 5.23. The van der Waals surface area contributed by atoms with Crippen LogP contribution < -0.4 is 10.5 Å². The van der Waals surface area contributed by atoms with E-state index in [-0.39, 0.29) is 28.2 Å². The molecule has 0 saturated heterocycles. The van der Waals surface area contributed by atoms with Crippen molar-refractivity contribution in [1.82, 2.24) is 4.72 Å². The van der Waals surface area contributed by atoms with Crippen molar-refractivity contribution in [2.75, 3.05) is 18.9 Å². The Balaban J connectivity index is 2.88. The predicted octanol–water partition coefficient (Wildman–Crippen LogP) is 1.22. The van der Waals surface area contributed by atoms with Crippen LogP contribution in [0.15, 0.2) is 21.5 Å². The second-order valence-electron chi connectivity index (χ2n) is 3.63. The Morgan fingerprint density at radius 3 is 2.67 bits per heavy atom. The van der Waals surface area contributed by atoms with Crippen molar-refractivity contribution in [1.29, 1.82) is 0 Å². The molecule has 0 aliphatic rings. The molecule has 0 heterocycles. The van der Waals surface area contributed by atoms with Crippen LogP contribution in [0.3, 0.4) is 0 Å². The summed E-state index contributed by atoms with van der Waals surface area (Å²) in [6.07, 6.45) is 1.02. The number of nitrogen functional groups attached to an aromatic ring is 1. The third kappa shape index (κ3) is 3.91. The van der Waals surface area contributed by atoms with E-state index in [0.29, 0.717) is 12.8 Å². The summed E-state index contributed by atoms with van der Waals surface area (Å²) in [7, 11) is -3.76. The van der Waals surface area contributed by atoms with Gasteiger partial charge in [0.2, 0.25) is 10.0 Å². The molecule has 0 atom stereocenters. The minimum atomic E-state index is -3.76. The molecule has 5 nitrogen and oxygen atoms in total. The summed E-state index contributed by atoms with van der Waals surface area (Å²) >= 11 is 2.91. The Labute approximate surface area is 113 Å². The summed E-state index contributed by atoms with van der Waals surface area (Å²) in [5.41, 5.74) is 5.34. The fourth-order valence-electron chi connectivity index (χ4n) is 1.30. The van der Waals surface area contributed by atoms with Gasteiger partial charge in [-0.15, -0.1) is 0 Å². The Morgan fingerprint density at radius 1 is 1.39 bits per heavy atom. The molecule has 0 saturated carbocycles. The van der Waals surface area contributed by atoms with Gasteiger partial charge in [-0.05, 0) is 40.9 Å². The molecule has 18 heavy (non-hydrogen) atoms. The average Bonchev–Trinajstić information content (AvgIpc) is 2.29. The predicted molar refractivity (Wildman–Crippen MR) is 70.0 cm³/mol. The van der Waals surface area contributed by atoms with Gasteiger partial charge in [-0.1, -0.05) is 0 Å². The van der Waals surface area contributed by atoms with Crippen molar-refractivity contribution in [3.05, 3.63) is 22.4 Å². The minimum Gasteiger partial charge on any atom is -0.398 e. The number of anilines is 1. The van der Waals surface area contributed by atoms with Gasteiger partial charge < -0.3 is 10.8 Å². The summed E-state index contributed by atoms with van der Waals surface area (Å²) in [6.45, 7) is 0.198. The fourth-order valence-corrected chi connectivity index (χ4v) is 3.00. The quantitative estimate of drug-likeness (QED) is 0.536. The van der Waals surface area contributed by atoms with E-state index >= 15 is 0 Å². The number of sulfonamides is 1. The third-order valence-corrected chi connectivity index (χ3v) is 4.34. The van der Waals surface area contributed by atoms with Crippen LogP contribution in [0, 0.1) is 5.82 Å². The SMILES string of the molecule is Nc1cc(F)c(Br)cc1S(=O)(=O)NCCCCO. The van der Waals surface area contributed by atoms with Gasteiger partial charge >= 0.3 is 0 Å². The molecule has 1 aromatic rings. The van der Waals surface area contributed by atoms with Crippen LogP contribution in [0.4, 0.5) is 10.1 Å². The molecule has 0 spiro atoms. The van der Waals surface area contributed by atoms with Gasteiger partial charge in [0.25, 0.3) is 0 Å². The molecule has 0 bridgehead atoms. The van der Waals surface area contributed by atoms with E-state index in [1.54, 1.807) is 0 Å². The maximum atomic E-state index is 13.1. The van der Waals surface area contributed by atoms with Crippen LogP contribution in [0.25, 0.3) is 0 Å². The Bertz CT molecular complexity index is 522. The molecule has 0 fully saturated rings. The van der Waals surface area contributed by atoms with Crippen molar-refractivity contribution in [2.24, 2.45) is 0 Å². The van der Waals surface area contributed by atoms with E-state index in [0.717, 1.165) is 12.1 Å². The molecule has 0 amide bonds. The number of aliphatic hydroxyl groups is 1. The van der Waals surface area contributed by atoms with Crippen LogP contribution in [-0.4, -0.2) is 26.7 Å². The number of hydrogen-bond donors (Lipinski definition) is 3. The summed E-state index contributed by atoms with van der Waals surface area (Å²) < 4.78 is 39.3. The molecular formula is C10H14BrFN2O3S. The van der Waals surface area contributed by atoms with Gasteiger partial charge in [0.1, 0.15) is 10.7 Å². The van der Waals surface area contributed by atoms with E-state index < -0.39 is 15.8 Å². The van der Waals surface area contributed by atoms with Gasteiger partial charge in [0, 0.05) is 13.2 Å². The number of rotatable bonds is 6. The summed E-state index contributed by atoms with van der Waals surface area (Å²) in [6, 6.07) is 2.07. The normalized spacial score (nSPS) is 11.7. The first kappa shape index (κ1) is 15.4. The molecule has 1 aromatic carbocycles. The largest absolute Gasteiger partial charge is 0.398 e. The first-order chi connectivity index (χ1) is 8.38. The number of nitrogens with two attached hydrogens (primary N) is 1. The zero-order valence-corrected chi connectivity index (χ0v) is 11.9. The Morgan fingerprint density at radius 2 is 2.06 bits per heavy atom. The van der Waals surface area contributed by atoms with E-state index in [2.05, 4.69) is 20.7 Å². The van der Waals surface area contributed by atoms with Crippen molar-refractivity contribution >= 4 is 31.6 Å². The fraction of sp³-hybridized carbons (Fsp3) is 0.400. The highest BCUT2D eigenvalue weighted by atomic mass is 79.9. The summed E-state index contributed by atoms with van der Waals surface area (Å²) in [5.74, 6) is -0.619. The molecule has 0 unspecified atom stereocenters. The van der Waals surface area contributed by atoms with Gasteiger partial charge in [-0.2, -0.15) is 0 Å². The van der Waals surface area contributed by atoms with Crippen molar-refractivity contribution in [3.63, 3.8) is 0 Å². The number of hydrogen-bond acceptors (Lipinski definition) is 4. The van der Waals surface area contributed by atoms with Crippen LogP contribution in [0.5, 0.6) is 0 Å². The molecule has 102 valence electrons. The summed E-state index contributed by atoms with van der Waals surface area (Å²) in [4.78, 5) is -0.167. The molecule has 0 aliphatic heterocycles. The molecule has 0 radical (unpaired) electrons. The van der Waals surface area contributed by atoms with Crippen LogP contribution in [-0.2, 0) is 10.0 Å². The Hall–Kier alpha value is -0.700. The molecule has 4 N–H and O–H groups in total. The van der Waals surface area contributed by atoms with Crippen molar-refractivity contribution in [3.8, 4) is 0 Å². The number of unbranched alkanes of at least 4 members (excludes halogenated alkanes) is 1. The summed E-state index contributed by atoms with van der Waals surface area (Å²) in [5, 5.41) is 8.58. The van der Waals surface area contributed by atoms with Crippen LogP contribution >= 0.6 is 15.9 Å². The lowest BCUT2D eigenvalue weighted by Gasteiger charge is -2.09. The highest BCUT2D eigenvalue weighted by molar-refractivity contribution is 9.10. The molecule has 0 aliphatic carbocycles. The topological polar surface area (TPSA) is 92.4 Å². The monoisotopic (exact) mass is 340 g/mol. The number of aliphatic hydroxyl groups excluding tert-OH is 1. The van der Waals surface area contributed by atoms with Gasteiger partial charge in [-0.3, -0.25) is 0 Å². The maximum Gasteiger partial charge on any atom is 0.242 e. The van der Waals surface area contributed by atoms with Crippen molar-refractivity contribution in [2.45, 2.75) is 17.7 Å². The second-order valence-corrected chi connectivity index (χ2v) is 6.22. The van der Waals surface area contributed by atoms with E-state index in [9.17, 15) is 12.8 Å². The molecular weight excluding hydrogens is 327 g/mol. The number of benzene rings is 1. The average molecular weight is 341 g/mol. The number of halogens is 2. The highest BCUT2D eigenvalue weighted by Gasteiger charge is 2.19. The lowest BCUT2D eigenvalue weighted by molar-refractivity contribution is 0.285. The first-order valence-corrected chi connectivity index (χ1v) is 7.51. The Kier molecular flexibility index (Phi) is 5.51. The van der Waals surface area contributed by atoms with E-state index in [1.165, 1.54) is 0 Å². The highest BCUT2D eigenvalue weighted by Crippen LogP contribution is 2.25.